The van der Waals surface area contributed by atoms with Crippen LogP contribution >= 0.6 is 0 Å². The summed E-state index contributed by atoms with van der Waals surface area (Å²) < 4.78 is 22.9. The van der Waals surface area contributed by atoms with Crippen LogP contribution in [-0.2, 0) is 36.8 Å². The lowest BCUT2D eigenvalue weighted by molar-refractivity contribution is -0.151. The van der Waals surface area contributed by atoms with Crippen molar-refractivity contribution in [1.82, 2.24) is 0 Å². The maximum absolute atomic E-state index is 11.4. The number of benzene rings is 2. The molecule has 1 aliphatic heterocycles. The summed E-state index contributed by atoms with van der Waals surface area (Å²) >= 11 is 0. The fraction of sp³-hybridized carbons (Fsp3) is 0.435. The molecular weight excluding hydrogens is 370 g/mol. The van der Waals surface area contributed by atoms with E-state index in [0.717, 1.165) is 16.8 Å². The van der Waals surface area contributed by atoms with Gasteiger partial charge in [-0.05, 0) is 37.1 Å². The Balaban J connectivity index is 1.63. The molecule has 1 fully saturated rings. The zero-order valence-corrected chi connectivity index (χ0v) is 17.5. The van der Waals surface area contributed by atoms with E-state index in [1.54, 1.807) is 0 Å². The van der Waals surface area contributed by atoms with Crippen molar-refractivity contribution < 1.29 is 23.7 Å². The number of anilines is 1. The molecule has 2 aromatic rings. The number of esters is 1. The number of hydrogen-bond acceptors (Lipinski definition) is 6. The predicted molar refractivity (Wildman–Crippen MR) is 110 cm³/mol. The molecule has 0 aliphatic carbocycles. The van der Waals surface area contributed by atoms with E-state index in [1.807, 2.05) is 80.4 Å². The van der Waals surface area contributed by atoms with E-state index in [-0.39, 0.29) is 24.7 Å². The normalized spacial score (nSPS) is 20.4. The number of carbonyl (C=O) groups is 1. The molecule has 156 valence electrons. The maximum Gasteiger partial charge on any atom is 0.309 e. The van der Waals surface area contributed by atoms with Crippen LogP contribution in [0.1, 0.15) is 25.0 Å². The molecule has 6 nitrogen and oxygen atoms in total. The lowest BCUT2D eigenvalue weighted by atomic mass is 10.1. The van der Waals surface area contributed by atoms with Crippen molar-refractivity contribution in [3.8, 4) is 0 Å². The van der Waals surface area contributed by atoms with Gasteiger partial charge in [0.05, 0.1) is 26.7 Å². The lowest BCUT2D eigenvalue weighted by Gasteiger charge is -2.29. The average Bonchev–Trinajstić information content (AvgIpc) is 3.03. The third-order valence-electron chi connectivity index (χ3n) is 4.85. The molecule has 3 rings (SSSR count). The van der Waals surface area contributed by atoms with E-state index in [2.05, 4.69) is 0 Å². The summed E-state index contributed by atoms with van der Waals surface area (Å²) in [7, 11) is 3.36. The minimum atomic E-state index is -0.690. The Labute approximate surface area is 172 Å². The van der Waals surface area contributed by atoms with Crippen molar-refractivity contribution in [2.75, 3.05) is 25.7 Å². The van der Waals surface area contributed by atoms with E-state index in [0.29, 0.717) is 13.2 Å². The Kier molecular flexibility index (Phi) is 6.90. The third-order valence-corrected chi connectivity index (χ3v) is 4.85. The molecule has 6 heteroatoms. The van der Waals surface area contributed by atoms with Crippen LogP contribution in [0.2, 0.25) is 0 Å². The number of rotatable bonds is 8. The highest BCUT2D eigenvalue weighted by Crippen LogP contribution is 2.32. The standard InChI is InChI=1S/C23H29NO5/c1-23(2)28-20(16-27-15-18-8-6-5-7-9-18)22(29-23)24(3)19-12-10-17(11-13-19)14-21(25)26-4/h5-13,20,22H,14-16H2,1-4H3. The molecule has 1 aliphatic rings. The van der Waals surface area contributed by atoms with Crippen molar-refractivity contribution >= 4 is 11.7 Å². The minimum Gasteiger partial charge on any atom is -0.469 e. The van der Waals surface area contributed by atoms with Crippen LogP contribution < -0.4 is 4.90 Å². The molecule has 0 radical (unpaired) electrons. The van der Waals surface area contributed by atoms with Gasteiger partial charge in [-0.1, -0.05) is 42.5 Å². The SMILES string of the molecule is COC(=O)Cc1ccc(N(C)C2OC(C)(C)OC2COCc2ccccc2)cc1. The van der Waals surface area contributed by atoms with E-state index in [9.17, 15) is 4.79 Å². The summed E-state index contributed by atoms with van der Waals surface area (Å²) in [5.41, 5.74) is 3.00. The summed E-state index contributed by atoms with van der Waals surface area (Å²) in [6, 6.07) is 17.8. The van der Waals surface area contributed by atoms with Gasteiger partial charge in [0.15, 0.2) is 12.0 Å². The van der Waals surface area contributed by atoms with Gasteiger partial charge < -0.3 is 23.8 Å². The van der Waals surface area contributed by atoms with E-state index < -0.39 is 5.79 Å². The number of carbonyl (C=O) groups excluding carboxylic acids is 1. The molecular formula is C23H29NO5. The molecule has 0 amide bonds. The van der Waals surface area contributed by atoms with Crippen LogP contribution in [0.4, 0.5) is 5.69 Å². The molecule has 29 heavy (non-hydrogen) atoms. The Hall–Kier alpha value is -2.41. The summed E-state index contributed by atoms with van der Waals surface area (Å²) in [5.74, 6) is -0.944. The first-order valence-corrected chi connectivity index (χ1v) is 9.74. The maximum atomic E-state index is 11.4. The fourth-order valence-corrected chi connectivity index (χ4v) is 3.36. The quantitative estimate of drug-likeness (QED) is 0.633. The molecule has 2 atom stereocenters. The average molecular weight is 399 g/mol. The zero-order valence-electron chi connectivity index (χ0n) is 17.5. The molecule has 1 saturated heterocycles. The van der Waals surface area contributed by atoms with Crippen LogP contribution in [0.3, 0.4) is 0 Å². The van der Waals surface area contributed by atoms with Crippen molar-refractivity contribution in [3.63, 3.8) is 0 Å². The largest absolute Gasteiger partial charge is 0.469 e. The van der Waals surface area contributed by atoms with Gasteiger partial charge >= 0.3 is 5.97 Å². The molecule has 0 saturated carbocycles. The van der Waals surface area contributed by atoms with Gasteiger partial charge in [0, 0.05) is 12.7 Å². The van der Waals surface area contributed by atoms with Crippen LogP contribution in [-0.4, -0.2) is 44.9 Å². The van der Waals surface area contributed by atoms with Gasteiger partial charge in [0.25, 0.3) is 0 Å². The van der Waals surface area contributed by atoms with Crippen LogP contribution in [0.5, 0.6) is 0 Å². The van der Waals surface area contributed by atoms with Gasteiger partial charge in [-0.3, -0.25) is 4.79 Å². The summed E-state index contributed by atoms with van der Waals surface area (Å²) in [5, 5.41) is 0. The molecule has 2 unspecified atom stereocenters. The van der Waals surface area contributed by atoms with Crippen LogP contribution in [0, 0.1) is 0 Å². The molecule has 0 spiro atoms. The highest BCUT2D eigenvalue weighted by atomic mass is 16.8. The summed E-state index contributed by atoms with van der Waals surface area (Å²) in [4.78, 5) is 13.5. The second-order valence-corrected chi connectivity index (χ2v) is 7.60. The molecule has 0 aromatic heterocycles. The number of hydrogen-bond donors (Lipinski definition) is 0. The van der Waals surface area contributed by atoms with Gasteiger partial charge in [-0.15, -0.1) is 0 Å². The number of methoxy groups -OCH3 is 1. The van der Waals surface area contributed by atoms with E-state index in [1.165, 1.54) is 7.11 Å². The summed E-state index contributed by atoms with van der Waals surface area (Å²) in [6.45, 7) is 4.77. The van der Waals surface area contributed by atoms with Gasteiger partial charge in [0.2, 0.25) is 0 Å². The van der Waals surface area contributed by atoms with Crippen molar-refractivity contribution in [2.45, 2.75) is 45.0 Å². The Morgan fingerprint density at radius 2 is 1.72 bits per heavy atom. The number of nitrogens with zero attached hydrogens (tertiary/aromatic N) is 1. The second kappa shape index (κ2) is 9.39. The second-order valence-electron chi connectivity index (χ2n) is 7.60. The van der Waals surface area contributed by atoms with Gasteiger partial charge in [-0.25, -0.2) is 0 Å². The van der Waals surface area contributed by atoms with E-state index in [4.69, 9.17) is 18.9 Å². The highest BCUT2D eigenvalue weighted by molar-refractivity contribution is 5.72. The lowest BCUT2D eigenvalue weighted by Crippen LogP contribution is -2.41. The third kappa shape index (κ3) is 5.79. The first-order chi connectivity index (χ1) is 13.9. The first-order valence-electron chi connectivity index (χ1n) is 9.74. The van der Waals surface area contributed by atoms with Crippen LogP contribution in [0.25, 0.3) is 0 Å². The van der Waals surface area contributed by atoms with Gasteiger partial charge in [0.1, 0.15) is 6.10 Å². The molecule has 0 bridgehead atoms. The highest BCUT2D eigenvalue weighted by Gasteiger charge is 2.43. The minimum absolute atomic E-state index is 0.228. The topological polar surface area (TPSA) is 57.2 Å². The molecule has 1 heterocycles. The van der Waals surface area contributed by atoms with Gasteiger partial charge in [-0.2, -0.15) is 0 Å². The number of ether oxygens (including phenoxy) is 4. The smallest absolute Gasteiger partial charge is 0.309 e. The summed E-state index contributed by atoms with van der Waals surface area (Å²) in [6.07, 6.45) is -0.257. The fourth-order valence-electron chi connectivity index (χ4n) is 3.36. The Bertz CT molecular complexity index is 791. The van der Waals surface area contributed by atoms with Crippen molar-refractivity contribution in [2.24, 2.45) is 0 Å². The molecule has 2 aromatic carbocycles. The Morgan fingerprint density at radius 1 is 1.03 bits per heavy atom. The first kappa shape index (κ1) is 21.3. The zero-order chi connectivity index (χ0) is 20.9. The number of likely N-dealkylation sites (N-methyl/N-ethyl adjacent to an activating group) is 1. The Morgan fingerprint density at radius 3 is 2.38 bits per heavy atom. The predicted octanol–water partition coefficient (Wildman–Crippen LogP) is 3.53. The van der Waals surface area contributed by atoms with E-state index >= 15 is 0 Å². The van der Waals surface area contributed by atoms with Crippen LogP contribution in [0.15, 0.2) is 54.6 Å². The van der Waals surface area contributed by atoms with Crippen molar-refractivity contribution in [3.05, 3.63) is 65.7 Å². The van der Waals surface area contributed by atoms with Crippen molar-refractivity contribution in [1.29, 1.82) is 0 Å². The monoisotopic (exact) mass is 399 g/mol. The molecule has 0 N–H and O–H groups in total.